The minimum Gasteiger partial charge on any atom is -0.502 e. The molecule has 0 atom stereocenters. The highest BCUT2D eigenvalue weighted by Gasteiger charge is 2.26. The fourth-order valence-electron chi connectivity index (χ4n) is 2.58. The summed E-state index contributed by atoms with van der Waals surface area (Å²) in [5.74, 6) is -0.477. The van der Waals surface area contributed by atoms with Gasteiger partial charge in [-0.2, -0.15) is 0 Å². The van der Waals surface area contributed by atoms with E-state index in [1.807, 2.05) is 20.8 Å². The molecule has 0 saturated carbocycles. The number of ether oxygens (including phenoxy) is 1. The van der Waals surface area contributed by atoms with Gasteiger partial charge in [0.15, 0.2) is 5.75 Å². The largest absolute Gasteiger partial charge is 0.502 e. The Kier molecular flexibility index (Phi) is 5.69. The van der Waals surface area contributed by atoms with Gasteiger partial charge < -0.3 is 20.5 Å². The number of aromatic hydroxyl groups is 1. The molecule has 0 spiro atoms. The van der Waals surface area contributed by atoms with Gasteiger partial charge in [0.1, 0.15) is 5.60 Å². The van der Waals surface area contributed by atoms with Crippen LogP contribution in [0.1, 0.15) is 39.2 Å². The molecule has 2 rings (SSSR count). The molecule has 1 saturated heterocycles. The number of aliphatic imine (C=N–C) groups is 1. The summed E-state index contributed by atoms with van der Waals surface area (Å²) in [6.07, 6.45) is 2.47. The highest BCUT2D eigenvalue weighted by atomic mass is 16.6. The summed E-state index contributed by atoms with van der Waals surface area (Å²) in [6.45, 7) is 6.53. The molecule has 26 heavy (non-hydrogen) atoms. The van der Waals surface area contributed by atoms with E-state index in [2.05, 4.69) is 4.99 Å². The average Bonchev–Trinajstić information content (AvgIpc) is 2.52. The van der Waals surface area contributed by atoms with Gasteiger partial charge >= 0.3 is 11.8 Å². The second kappa shape index (κ2) is 7.59. The first kappa shape index (κ1) is 19.5. The van der Waals surface area contributed by atoms with E-state index in [9.17, 15) is 20.0 Å². The standard InChI is InChI=1S/C17H24N4O5/c1-17(2,3)26-16(23)20-6-4-12(5-7-20)19-10-11-8-14(21(24)25)15(22)9-13(11)18/h8-10,12,22H,4-7,18H2,1-3H3. The Labute approximate surface area is 151 Å². The van der Waals surface area contributed by atoms with Gasteiger partial charge in [0, 0.05) is 42.7 Å². The summed E-state index contributed by atoms with van der Waals surface area (Å²) in [7, 11) is 0. The minimum atomic E-state index is -0.675. The molecule has 0 bridgehead atoms. The third kappa shape index (κ3) is 5.08. The van der Waals surface area contributed by atoms with Gasteiger partial charge in [0.05, 0.1) is 11.0 Å². The predicted octanol–water partition coefficient (Wildman–Crippen LogP) is 2.70. The van der Waals surface area contributed by atoms with Gasteiger partial charge in [-0.15, -0.1) is 0 Å². The van der Waals surface area contributed by atoms with Crippen molar-refractivity contribution in [3.63, 3.8) is 0 Å². The van der Waals surface area contributed by atoms with E-state index in [0.717, 1.165) is 6.07 Å². The zero-order valence-corrected chi connectivity index (χ0v) is 15.1. The maximum Gasteiger partial charge on any atom is 0.410 e. The number of hydrogen-bond donors (Lipinski definition) is 2. The molecule has 3 N–H and O–H groups in total. The third-order valence-corrected chi connectivity index (χ3v) is 3.92. The van der Waals surface area contributed by atoms with Crippen LogP contribution in [0.5, 0.6) is 5.75 Å². The molecule has 1 aliphatic heterocycles. The second-order valence-corrected chi connectivity index (χ2v) is 7.20. The molecule has 1 aromatic rings. The number of nitrogen functional groups attached to an aromatic ring is 1. The lowest BCUT2D eigenvalue weighted by molar-refractivity contribution is -0.385. The lowest BCUT2D eigenvalue weighted by atomic mass is 10.1. The first-order valence-electron chi connectivity index (χ1n) is 8.35. The molecule has 1 aliphatic rings. The summed E-state index contributed by atoms with van der Waals surface area (Å²) >= 11 is 0. The number of benzene rings is 1. The van der Waals surface area contributed by atoms with Crippen LogP contribution in [-0.4, -0.2) is 52.0 Å². The van der Waals surface area contributed by atoms with Crippen molar-refractivity contribution in [1.29, 1.82) is 0 Å². The number of phenols is 1. The maximum atomic E-state index is 12.0. The van der Waals surface area contributed by atoms with E-state index in [1.165, 1.54) is 12.3 Å². The van der Waals surface area contributed by atoms with E-state index in [-0.39, 0.29) is 17.8 Å². The van der Waals surface area contributed by atoms with E-state index in [4.69, 9.17) is 10.5 Å². The summed E-state index contributed by atoms with van der Waals surface area (Å²) in [5, 5.41) is 20.5. The quantitative estimate of drug-likeness (QED) is 0.367. The number of nitro benzene ring substituents is 1. The fourth-order valence-corrected chi connectivity index (χ4v) is 2.58. The van der Waals surface area contributed by atoms with Crippen LogP contribution in [-0.2, 0) is 4.74 Å². The lowest BCUT2D eigenvalue weighted by Gasteiger charge is -2.32. The normalized spacial score (nSPS) is 16.0. The van der Waals surface area contributed by atoms with Crippen molar-refractivity contribution < 1.29 is 19.6 Å². The maximum absolute atomic E-state index is 12.0. The summed E-state index contributed by atoms with van der Waals surface area (Å²) in [5.41, 5.74) is 5.43. The van der Waals surface area contributed by atoms with E-state index >= 15 is 0 Å². The van der Waals surface area contributed by atoms with Crippen molar-refractivity contribution in [2.75, 3.05) is 18.8 Å². The Morgan fingerprint density at radius 3 is 2.58 bits per heavy atom. The van der Waals surface area contributed by atoms with Crippen molar-refractivity contribution in [3.05, 3.63) is 27.8 Å². The van der Waals surface area contributed by atoms with Crippen LogP contribution in [0.2, 0.25) is 0 Å². The molecule has 0 aromatic heterocycles. The van der Waals surface area contributed by atoms with Crippen molar-refractivity contribution in [2.24, 2.45) is 4.99 Å². The Bertz CT molecular complexity index is 719. The van der Waals surface area contributed by atoms with Gasteiger partial charge in [0.25, 0.3) is 0 Å². The smallest absolute Gasteiger partial charge is 0.410 e. The molecule has 0 radical (unpaired) electrons. The molecule has 1 amide bonds. The molecule has 1 heterocycles. The van der Waals surface area contributed by atoms with Crippen LogP contribution in [0.3, 0.4) is 0 Å². The number of likely N-dealkylation sites (tertiary alicyclic amines) is 1. The van der Waals surface area contributed by atoms with E-state index < -0.39 is 22.0 Å². The van der Waals surface area contributed by atoms with Crippen LogP contribution in [0.15, 0.2) is 17.1 Å². The lowest BCUT2D eigenvalue weighted by Crippen LogP contribution is -2.42. The topological polar surface area (TPSA) is 131 Å². The molecule has 0 unspecified atom stereocenters. The number of amides is 1. The van der Waals surface area contributed by atoms with Crippen molar-refractivity contribution in [1.82, 2.24) is 4.90 Å². The number of carbonyl (C=O) groups is 1. The predicted molar refractivity (Wildman–Crippen MR) is 97.6 cm³/mol. The highest BCUT2D eigenvalue weighted by Crippen LogP contribution is 2.30. The van der Waals surface area contributed by atoms with Crippen molar-refractivity contribution in [3.8, 4) is 5.75 Å². The minimum absolute atomic E-state index is 0.0130. The number of nitro groups is 1. The molecule has 142 valence electrons. The summed E-state index contributed by atoms with van der Waals surface area (Å²) in [4.78, 5) is 28.3. The monoisotopic (exact) mass is 364 g/mol. The zero-order chi connectivity index (χ0) is 19.5. The van der Waals surface area contributed by atoms with Crippen LogP contribution in [0, 0.1) is 10.1 Å². The molecule has 9 heteroatoms. The Balaban J connectivity index is 1.98. The highest BCUT2D eigenvalue weighted by molar-refractivity contribution is 5.89. The number of piperidine rings is 1. The molecule has 1 fully saturated rings. The Hall–Kier alpha value is -2.84. The van der Waals surface area contributed by atoms with Gasteiger partial charge in [-0.3, -0.25) is 15.1 Å². The van der Waals surface area contributed by atoms with E-state index in [1.54, 1.807) is 4.90 Å². The first-order valence-corrected chi connectivity index (χ1v) is 8.35. The van der Waals surface area contributed by atoms with Crippen LogP contribution in [0.4, 0.5) is 16.2 Å². The number of anilines is 1. The number of nitrogens with two attached hydrogens (primary N) is 1. The van der Waals surface area contributed by atoms with Crippen LogP contribution in [0.25, 0.3) is 0 Å². The number of hydrogen-bond acceptors (Lipinski definition) is 7. The number of carbonyl (C=O) groups excluding carboxylic acids is 1. The molecular weight excluding hydrogens is 340 g/mol. The van der Waals surface area contributed by atoms with Gasteiger partial charge in [0.2, 0.25) is 0 Å². The summed E-state index contributed by atoms with van der Waals surface area (Å²) in [6, 6.07) is 2.33. The number of rotatable bonds is 3. The second-order valence-electron chi connectivity index (χ2n) is 7.20. The molecular formula is C17H24N4O5. The molecule has 1 aromatic carbocycles. The number of nitrogens with zero attached hydrogens (tertiary/aromatic N) is 3. The Morgan fingerprint density at radius 2 is 2.04 bits per heavy atom. The zero-order valence-electron chi connectivity index (χ0n) is 15.1. The summed E-state index contributed by atoms with van der Waals surface area (Å²) < 4.78 is 5.35. The third-order valence-electron chi connectivity index (χ3n) is 3.92. The van der Waals surface area contributed by atoms with Gasteiger partial charge in [-0.25, -0.2) is 4.79 Å². The van der Waals surface area contributed by atoms with Crippen molar-refractivity contribution >= 4 is 23.7 Å². The molecule has 9 nitrogen and oxygen atoms in total. The van der Waals surface area contributed by atoms with Crippen molar-refractivity contribution in [2.45, 2.75) is 45.3 Å². The number of phenolic OH excluding ortho intramolecular Hbond substituents is 1. The Morgan fingerprint density at radius 1 is 1.42 bits per heavy atom. The van der Waals surface area contributed by atoms with Gasteiger partial charge in [-0.1, -0.05) is 0 Å². The van der Waals surface area contributed by atoms with Gasteiger partial charge in [-0.05, 0) is 33.6 Å². The SMILES string of the molecule is CC(C)(C)OC(=O)N1CCC(N=Cc2cc([N+](=O)[O-])c(O)cc2N)CC1. The average molecular weight is 364 g/mol. The molecule has 0 aliphatic carbocycles. The fraction of sp³-hybridized carbons (Fsp3) is 0.529. The van der Waals surface area contributed by atoms with E-state index in [0.29, 0.717) is 31.5 Å². The first-order chi connectivity index (χ1) is 12.1. The van der Waals surface area contributed by atoms with Crippen LogP contribution >= 0.6 is 0 Å². The van der Waals surface area contributed by atoms with Crippen LogP contribution < -0.4 is 5.73 Å².